The number of nitrogens with two attached hydrogens (primary N) is 1. The minimum atomic E-state index is -0.112. The zero-order valence-electron chi connectivity index (χ0n) is 11.3. The number of aromatic nitrogens is 2. The number of benzene rings is 1. The maximum atomic E-state index is 12.0. The fraction of sp³-hybridized carbons (Fsp3) is 0.286. The number of hydrogen-bond acceptors (Lipinski definition) is 3. The predicted molar refractivity (Wildman–Crippen MR) is 82.0 cm³/mol. The third-order valence-corrected chi connectivity index (χ3v) is 3.52. The molecule has 0 saturated carbocycles. The molecule has 0 spiro atoms. The van der Waals surface area contributed by atoms with E-state index in [1.54, 1.807) is 10.9 Å². The molecule has 106 valence electrons. The van der Waals surface area contributed by atoms with Crippen molar-refractivity contribution < 1.29 is 4.79 Å². The summed E-state index contributed by atoms with van der Waals surface area (Å²) in [6, 6.07) is 7.77. The second-order valence-electron chi connectivity index (χ2n) is 4.43. The Labute approximate surface area is 126 Å². The van der Waals surface area contributed by atoms with Gasteiger partial charge in [0.05, 0.1) is 23.1 Å². The van der Waals surface area contributed by atoms with Crippen LogP contribution in [-0.2, 0) is 0 Å². The highest BCUT2D eigenvalue weighted by molar-refractivity contribution is 9.10. The van der Waals surface area contributed by atoms with Crippen LogP contribution >= 0.6 is 15.9 Å². The molecular weight excluding hydrogens is 320 g/mol. The summed E-state index contributed by atoms with van der Waals surface area (Å²) in [4.78, 5) is 12.0. The maximum absolute atomic E-state index is 12.0. The number of nitrogens with one attached hydrogen (secondary N) is 1. The molecule has 1 aromatic heterocycles. The van der Waals surface area contributed by atoms with Gasteiger partial charge in [-0.15, -0.1) is 0 Å². The van der Waals surface area contributed by atoms with Crippen molar-refractivity contribution in [2.24, 2.45) is 5.73 Å². The zero-order chi connectivity index (χ0) is 14.5. The first-order chi connectivity index (χ1) is 9.63. The molecule has 0 unspecified atom stereocenters. The highest BCUT2D eigenvalue weighted by atomic mass is 79.9. The molecule has 2 rings (SSSR count). The molecule has 5 nitrogen and oxygen atoms in total. The summed E-state index contributed by atoms with van der Waals surface area (Å²) < 4.78 is 2.76. The topological polar surface area (TPSA) is 72.9 Å². The monoisotopic (exact) mass is 336 g/mol. The summed E-state index contributed by atoms with van der Waals surface area (Å²) in [6.07, 6.45) is 2.36. The van der Waals surface area contributed by atoms with Crippen molar-refractivity contribution in [1.29, 1.82) is 0 Å². The van der Waals surface area contributed by atoms with Gasteiger partial charge in [0.25, 0.3) is 5.91 Å². The molecule has 1 aromatic carbocycles. The molecule has 2 aromatic rings. The SMILES string of the molecule is Cc1c(C(=O)NCCCN)cnn1-c1ccc(Br)cc1. The van der Waals surface area contributed by atoms with Crippen LogP contribution in [0.25, 0.3) is 5.69 Å². The largest absolute Gasteiger partial charge is 0.352 e. The molecule has 0 aliphatic rings. The molecule has 1 heterocycles. The van der Waals surface area contributed by atoms with Gasteiger partial charge in [-0.3, -0.25) is 4.79 Å². The Kier molecular flexibility index (Phi) is 4.92. The molecule has 0 aliphatic heterocycles. The second-order valence-corrected chi connectivity index (χ2v) is 5.35. The predicted octanol–water partition coefficient (Wildman–Crippen LogP) is 2.02. The number of amides is 1. The zero-order valence-corrected chi connectivity index (χ0v) is 12.9. The van der Waals surface area contributed by atoms with Crippen LogP contribution in [-0.4, -0.2) is 28.8 Å². The van der Waals surface area contributed by atoms with Gasteiger partial charge in [0, 0.05) is 11.0 Å². The summed E-state index contributed by atoms with van der Waals surface area (Å²) >= 11 is 3.40. The molecule has 0 fully saturated rings. The van der Waals surface area contributed by atoms with Crippen molar-refractivity contribution in [2.45, 2.75) is 13.3 Å². The molecule has 1 amide bonds. The average molecular weight is 337 g/mol. The average Bonchev–Trinajstić information content (AvgIpc) is 2.82. The Balaban J connectivity index is 2.18. The molecule has 6 heteroatoms. The second kappa shape index (κ2) is 6.67. The van der Waals surface area contributed by atoms with Crippen molar-refractivity contribution in [1.82, 2.24) is 15.1 Å². The molecule has 3 N–H and O–H groups in total. The number of halogens is 1. The van der Waals surface area contributed by atoms with Crippen molar-refractivity contribution in [3.05, 3.63) is 46.2 Å². The van der Waals surface area contributed by atoms with E-state index in [-0.39, 0.29) is 5.91 Å². The number of carbonyl (C=O) groups excluding carboxylic acids is 1. The fourth-order valence-corrected chi connectivity index (χ4v) is 2.14. The van der Waals surface area contributed by atoms with Gasteiger partial charge >= 0.3 is 0 Å². The Bertz CT molecular complexity index is 592. The van der Waals surface area contributed by atoms with Crippen LogP contribution < -0.4 is 11.1 Å². The Hall–Kier alpha value is -1.66. The van der Waals surface area contributed by atoms with E-state index in [9.17, 15) is 4.79 Å². The highest BCUT2D eigenvalue weighted by Crippen LogP contribution is 2.17. The van der Waals surface area contributed by atoms with Gasteiger partial charge in [-0.2, -0.15) is 5.10 Å². The van der Waals surface area contributed by atoms with Crippen molar-refractivity contribution >= 4 is 21.8 Å². The third kappa shape index (κ3) is 3.26. The Morgan fingerprint density at radius 2 is 2.10 bits per heavy atom. The van der Waals surface area contributed by atoms with E-state index >= 15 is 0 Å². The van der Waals surface area contributed by atoms with E-state index < -0.39 is 0 Å². The van der Waals surface area contributed by atoms with Gasteiger partial charge < -0.3 is 11.1 Å². The van der Waals surface area contributed by atoms with Crippen LogP contribution in [0.1, 0.15) is 22.5 Å². The number of rotatable bonds is 5. The van der Waals surface area contributed by atoms with Gasteiger partial charge in [-0.05, 0) is 44.2 Å². The summed E-state index contributed by atoms with van der Waals surface area (Å²) in [7, 11) is 0. The first kappa shape index (κ1) is 14.7. The van der Waals surface area contributed by atoms with Crippen LogP contribution in [0.4, 0.5) is 0 Å². The van der Waals surface area contributed by atoms with Gasteiger partial charge in [-0.25, -0.2) is 4.68 Å². The molecule has 20 heavy (non-hydrogen) atoms. The normalized spacial score (nSPS) is 10.6. The van der Waals surface area contributed by atoms with E-state index in [0.717, 1.165) is 22.3 Å². The van der Waals surface area contributed by atoms with Gasteiger partial charge in [0.1, 0.15) is 0 Å². The summed E-state index contributed by atoms with van der Waals surface area (Å²) in [5.74, 6) is -0.112. The smallest absolute Gasteiger partial charge is 0.254 e. The van der Waals surface area contributed by atoms with Crippen molar-refractivity contribution in [3.8, 4) is 5.69 Å². The summed E-state index contributed by atoms with van der Waals surface area (Å²) in [5, 5.41) is 7.12. The van der Waals surface area contributed by atoms with Crippen LogP contribution in [0.15, 0.2) is 34.9 Å². The first-order valence-electron chi connectivity index (χ1n) is 6.42. The van der Waals surface area contributed by atoms with E-state index in [0.29, 0.717) is 18.7 Å². The van der Waals surface area contributed by atoms with E-state index in [4.69, 9.17) is 5.73 Å². The summed E-state index contributed by atoms with van der Waals surface area (Å²) in [5.41, 5.74) is 7.73. The maximum Gasteiger partial charge on any atom is 0.254 e. The minimum absolute atomic E-state index is 0.112. The van der Waals surface area contributed by atoms with Crippen LogP contribution in [0.2, 0.25) is 0 Å². The van der Waals surface area contributed by atoms with Gasteiger partial charge in [0.2, 0.25) is 0 Å². The van der Waals surface area contributed by atoms with Crippen LogP contribution in [0.5, 0.6) is 0 Å². The molecular formula is C14H17BrN4O. The van der Waals surface area contributed by atoms with E-state index in [1.807, 2.05) is 31.2 Å². The van der Waals surface area contributed by atoms with Crippen LogP contribution in [0, 0.1) is 6.92 Å². The van der Waals surface area contributed by atoms with Gasteiger partial charge in [-0.1, -0.05) is 15.9 Å². The first-order valence-corrected chi connectivity index (χ1v) is 7.21. The number of carbonyl (C=O) groups is 1. The minimum Gasteiger partial charge on any atom is -0.352 e. The molecule has 0 saturated heterocycles. The third-order valence-electron chi connectivity index (χ3n) is 2.99. The Morgan fingerprint density at radius 1 is 1.40 bits per heavy atom. The molecule has 0 aliphatic carbocycles. The van der Waals surface area contributed by atoms with E-state index in [2.05, 4.69) is 26.3 Å². The lowest BCUT2D eigenvalue weighted by atomic mass is 10.2. The van der Waals surface area contributed by atoms with Gasteiger partial charge in [0.15, 0.2) is 0 Å². The number of nitrogens with zero attached hydrogens (tertiary/aromatic N) is 2. The lowest BCUT2D eigenvalue weighted by Gasteiger charge is -2.06. The number of hydrogen-bond donors (Lipinski definition) is 2. The Morgan fingerprint density at radius 3 is 2.75 bits per heavy atom. The summed E-state index contributed by atoms with van der Waals surface area (Å²) in [6.45, 7) is 3.03. The lowest BCUT2D eigenvalue weighted by Crippen LogP contribution is -2.26. The standard InChI is InChI=1S/C14H17BrN4O/c1-10-13(14(20)17-8-2-7-16)9-18-19(10)12-5-3-11(15)4-6-12/h3-6,9H,2,7-8,16H2,1H3,(H,17,20). The quantitative estimate of drug-likeness (QED) is 0.820. The fourth-order valence-electron chi connectivity index (χ4n) is 1.87. The van der Waals surface area contributed by atoms with Crippen molar-refractivity contribution in [3.63, 3.8) is 0 Å². The molecule has 0 bridgehead atoms. The lowest BCUT2D eigenvalue weighted by molar-refractivity contribution is 0.0953. The van der Waals surface area contributed by atoms with Crippen LogP contribution in [0.3, 0.4) is 0 Å². The van der Waals surface area contributed by atoms with Crippen molar-refractivity contribution in [2.75, 3.05) is 13.1 Å². The highest BCUT2D eigenvalue weighted by Gasteiger charge is 2.14. The molecule has 0 atom stereocenters. The van der Waals surface area contributed by atoms with E-state index in [1.165, 1.54) is 0 Å². The molecule has 0 radical (unpaired) electrons.